The fraction of sp³-hybridized carbons (Fsp3) is 0.417. The molecule has 1 saturated heterocycles. The summed E-state index contributed by atoms with van der Waals surface area (Å²) in [6.45, 7) is 1.46. The van der Waals surface area contributed by atoms with E-state index in [2.05, 4.69) is 31.3 Å². The third kappa shape index (κ3) is 2.60. The Morgan fingerprint density at radius 1 is 1.35 bits per heavy atom. The van der Waals surface area contributed by atoms with Crippen LogP contribution < -0.4 is 15.4 Å². The van der Waals surface area contributed by atoms with Gasteiger partial charge in [-0.3, -0.25) is 4.79 Å². The quantitative estimate of drug-likeness (QED) is 0.736. The highest BCUT2D eigenvalue weighted by molar-refractivity contribution is 9.10. The van der Waals surface area contributed by atoms with Crippen molar-refractivity contribution in [3.8, 4) is 0 Å². The second-order valence-corrected chi connectivity index (χ2v) is 7.51. The smallest absolute Gasteiger partial charge is 0.241 e. The van der Waals surface area contributed by atoms with E-state index in [1.54, 1.807) is 12.1 Å². The summed E-state index contributed by atoms with van der Waals surface area (Å²) < 4.78 is 28.0. The molecular weight excluding hydrogens is 346 g/mol. The van der Waals surface area contributed by atoms with E-state index >= 15 is 0 Å². The van der Waals surface area contributed by atoms with Crippen LogP contribution in [0.25, 0.3) is 0 Å². The van der Waals surface area contributed by atoms with Gasteiger partial charge in [0, 0.05) is 22.7 Å². The summed E-state index contributed by atoms with van der Waals surface area (Å²) in [7, 11) is -3.59. The number of hydrogen-bond acceptors (Lipinski definition) is 4. The maximum absolute atomic E-state index is 12.4. The zero-order valence-electron chi connectivity index (χ0n) is 10.6. The van der Waals surface area contributed by atoms with Gasteiger partial charge >= 0.3 is 0 Å². The van der Waals surface area contributed by atoms with Crippen LogP contribution in [0.1, 0.15) is 12.0 Å². The summed E-state index contributed by atoms with van der Waals surface area (Å²) in [4.78, 5) is 11.5. The van der Waals surface area contributed by atoms with E-state index in [1.807, 2.05) is 0 Å². The number of amides is 1. The normalized spacial score (nSPS) is 21.9. The fourth-order valence-corrected chi connectivity index (χ4v) is 4.83. The maximum Gasteiger partial charge on any atom is 0.241 e. The van der Waals surface area contributed by atoms with E-state index in [1.165, 1.54) is 0 Å². The molecule has 1 aromatic carbocycles. The summed E-state index contributed by atoms with van der Waals surface area (Å²) >= 11 is 3.27. The molecule has 3 rings (SSSR count). The Bertz CT molecular complexity index is 669. The molecule has 0 radical (unpaired) electrons. The lowest BCUT2D eigenvalue weighted by Crippen LogP contribution is -2.36. The van der Waals surface area contributed by atoms with Crippen molar-refractivity contribution < 1.29 is 13.2 Å². The highest BCUT2D eigenvalue weighted by Gasteiger charge is 2.27. The van der Waals surface area contributed by atoms with Crippen LogP contribution in [0.5, 0.6) is 0 Å². The number of fused-ring (bicyclic) bond motifs is 1. The van der Waals surface area contributed by atoms with Gasteiger partial charge in [0.25, 0.3) is 0 Å². The first kappa shape index (κ1) is 14.0. The van der Waals surface area contributed by atoms with Crippen molar-refractivity contribution in [2.45, 2.75) is 23.8 Å². The molecule has 0 aliphatic carbocycles. The lowest BCUT2D eigenvalue weighted by molar-refractivity contribution is -0.115. The molecule has 6 nitrogen and oxygen atoms in total. The van der Waals surface area contributed by atoms with Crippen molar-refractivity contribution in [2.75, 3.05) is 18.4 Å². The van der Waals surface area contributed by atoms with Crippen molar-refractivity contribution in [3.63, 3.8) is 0 Å². The molecule has 0 unspecified atom stereocenters. The molecule has 0 aromatic heterocycles. The Morgan fingerprint density at radius 2 is 2.15 bits per heavy atom. The maximum atomic E-state index is 12.4. The van der Waals surface area contributed by atoms with Gasteiger partial charge in [-0.1, -0.05) is 0 Å². The zero-order chi connectivity index (χ0) is 14.3. The van der Waals surface area contributed by atoms with Crippen LogP contribution in [0.3, 0.4) is 0 Å². The van der Waals surface area contributed by atoms with E-state index in [0.29, 0.717) is 22.3 Å². The van der Waals surface area contributed by atoms with Crippen LogP contribution in [-0.4, -0.2) is 33.5 Å². The van der Waals surface area contributed by atoms with Gasteiger partial charge in [-0.2, -0.15) is 0 Å². The molecule has 108 valence electrons. The minimum Gasteiger partial charge on any atom is -0.325 e. The van der Waals surface area contributed by atoms with Crippen LogP contribution in [0, 0.1) is 0 Å². The topological polar surface area (TPSA) is 87.3 Å². The first-order chi connectivity index (χ1) is 9.45. The van der Waals surface area contributed by atoms with Gasteiger partial charge in [0.1, 0.15) is 0 Å². The summed E-state index contributed by atoms with van der Waals surface area (Å²) in [6.07, 6.45) is 0.998. The number of carbonyl (C=O) groups is 1. The minimum absolute atomic E-state index is 0.0834. The first-order valence-electron chi connectivity index (χ1n) is 6.31. The van der Waals surface area contributed by atoms with E-state index in [-0.39, 0.29) is 23.3 Å². The first-order valence-corrected chi connectivity index (χ1v) is 8.58. The van der Waals surface area contributed by atoms with Gasteiger partial charge < -0.3 is 10.6 Å². The second-order valence-electron chi connectivity index (χ2n) is 4.98. The number of sulfonamides is 1. The SMILES string of the molecule is O=C1Cc2cc(S(=O)(=O)N[C@@H]3CCNC3)c(Br)cc2N1. The van der Waals surface area contributed by atoms with Crippen molar-refractivity contribution in [2.24, 2.45) is 0 Å². The van der Waals surface area contributed by atoms with E-state index in [4.69, 9.17) is 0 Å². The molecule has 2 heterocycles. The zero-order valence-corrected chi connectivity index (χ0v) is 13.0. The largest absolute Gasteiger partial charge is 0.325 e. The van der Waals surface area contributed by atoms with Gasteiger partial charge in [0.05, 0.1) is 11.3 Å². The number of rotatable bonds is 3. The van der Waals surface area contributed by atoms with Crippen molar-refractivity contribution >= 4 is 37.5 Å². The van der Waals surface area contributed by atoms with Crippen molar-refractivity contribution in [1.82, 2.24) is 10.0 Å². The summed E-state index contributed by atoms with van der Waals surface area (Å²) in [5.74, 6) is -0.116. The van der Waals surface area contributed by atoms with E-state index < -0.39 is 10.0 Å². The molecule has 1 aromatic rings. The van der Waals surface area contributed by atoms with Crippen LogP contribution in [-0.2, 0) is 21.2 Å². The van der Waals surface area contributed by atoms with Crippen molar-refractivity contribution in [1.29, 1.82) is 0 Å². The molecule has 2 aliphatic heterocycles. The number of carbonyl (C=O) groups excluding carboxylic acids is 1. The van der Waals surface area contributed by atoms with Gasteiger partial charge in [0.2, 0.25) is 15.9 Å². The summed E-state index contributed by atoms with van der Waals surface area (Å²) in [5.41, 5.74) is 1.38. The molecule has 3 N–H and O–H groups in total. The Kier molecular flexibility index (Phi) is 3.57. The molecule has 0 bridgehead atoms. The predicted molar refractivity (Wildman–Crippen MR) is 78.1 cm³/mol. The number of anilines is 1. The third-order valence-corrected chi connectivity index (χ3v) is 5.93. The average molecular weight is 360 g/mol. The van der Waals surface area contributed by atoms with Crippen LogP contribution in [0.4, 0.5) is 5.69 Å². The third-order valence-electron chi connectivity index (χ3n) is 3.45. The summed E-state index contributed by atoms with van der Waals surface area (Å²) in [5, 5.41) is 5.81. The minimum atomic E-state index is -3.59. The lowest BCUT2D eigenvalue weighted by Gasteiger charge is -2.14. The Labute approximate surface area is 125 Å². The standard InChI is InChI=1S/C12H14BrN3O3S/c13-9-5-10-7(4-12(17)15-10)3-11(9)20(18,19)16-8-1-2-14-6-8/h3,5,8,14,16H,1-2,4,6H2,(H,15,17)/t8-/m1/s1. The van der Waals surface area contributed by atoms with Gasteiger partial charge in [-0.05, 0) is 46.6 Å². The number of benzene rings is 1. The number of nitrogens with one attached hydrogen (secondary N) is 3. The molecule has 2 aliphatic rings. The summed E-state index contributed by atoms with van der Waals surface area (Å²) in [6, 6.07) is 3.11. The highest BCUT2D eigenvalue weighted by atomic mass is 79.9. The van der Waals surface area contributed by atoms with E-state index in [0.717, 1.165) is 13.0 Å². The fourth-order valence-electron chi connectivity index (χ4n) is 2.47. The molecule has 8 heteroatoms. The number of hydrogen-bond donors (Lipinski definition) is 3. The molecular formula is C12H14BrN3O3S. The van der Waals surface area contributed by atoms with Crippen LogP contribution in [0.15, 0.2) is 21.5 Å². The van der Waals surface area contributed by atoms with Crippen LogP contribution in [0.2, 0.25) is 0 Å². The Morgan fingerprint density at radius 3 is 2.85 bits per heavy atom. The monoisotopic (exact) mass is 359 g/mol. The molecule has 1 fully saturated rings. The lowest BCUT2D eigenvalue weighted by atomic mass is 10.2. The molecule has 1 amide bonds. The van der Waals surface area contributed by atoms with Gasteiger partial charge in [-0.25, -0.2) is 13.1 Å². The number of halogens is 1. The molecule has 1 atom stereocenters. The molecule has 0 spiro atoms. The molecule has 0 saturated carbocycles. The van der Waals surface area contributed by atoms with Crippen molar-refractivity contribution in [3.05, 3.63) is 22.2 Å². The Hall–Kier alpha value is -0.960. The van der Waals surface area contributed by atoms with Crippen LogP contribution >= 0.6 is 15.9 Å². The Balaban J connectivity index is 1.93. The van der Waals surface area contributed by atoms with Gasteiger partial charge in [-0.15, -0.1) is 0 Å². The molecule has 20 heavy (non-hydrogen) atoms. The highest BCUT2D eigenvalue weighted by Crippen LogP contribution is 2.32. The predicted octanol–water partition coefficient (Wildman–Crippen LogP) is 0.584. The van der Waals surface area contributed by atoms with Gasteiger partial charge in [0.15, 0.2) is 0 Å². The average Bonchev–Trinajstić information content (AvgIpc) is 2.95. The van der Waals surface area contributed by atoms with E-state index in [9.17, 15) is 13.2 Å². The second kappa shape index (κ2) is 5.10.